The molecule has 0 radical (unpaired) electrons. The van der Waals surface area contributed by atoms with Crippen LogP contribution in [0.25, 0.3) is 0 Å². The summed E-state index contributed by atoms with van der Waals surface area (Å²) in [5.41, 5.74) is 1.44. The molecule has 0 heterocycles. The number of ketones is 2. The fraction of sp³-hybridized carbons (Fsp3) is 0.333. The molecule has 3 aliphatic rings. The molecule has 0 aromatic rings. The van der Waals surface area contributed by atoms with E-state index >= 15 is 0 Å². The van der Waals surface area contributed by atoms with Gasteiger partial charge in [-0.1, -0.05) is 36.5 Å². The monoisotopic (exact) mass is 226 g/mol. The Morgan fingerprint density at radius 1 is 0.824 bits per heavy atom. The second kappa shape index (κ2) is 3.66. The quantitative estimate of drug-likeness (QED) is 0.725. The molecule has 0 aromatic heterocycles. The van der Waals surface area contributed by atoms with Crippen molar-refractivity contribution in [3.63, 3.8) is 0 Å². The van der Waals surface area contributed by atoms with Gasteiger partial charge < -0.3 is 0 Å². The van der Waals surface area contributed by atoms with E-state index in [1.54, 1.807) is 0 Å². The maximum absolute atomic E-state index is 12.0. The van der Waals surface area contributed by atoms with Crippen molar-refractivity contribution in [1.82, 2.24) is 0 Å². The highest BCUT2D eigenvalue weighted by atomic mass is 16.1. The Hall–Kier alpha value is -1.70. The number of carbonyl (C=O) groups is 2. The van der Waals surface area contributed by atoms with Crippen LogP contribution in [0, 0.1) is 5.41 Å². The lowest BCUT2D eigenvalue weighted by Gasteiger charge is -2.23. The van der Waals surface area contributed by atoms with Crippen LogP contribution in [-0.2, 0) is 9.59 Å². The number of rotatable bonds is 2. The van der Waals surface area contributed by atoms with Gasteiger partial charge in [-0.05, 0) is 12.8 Å². The highest BCUT2D eigenvalue weighted by molar-refractivity contribution is 6.06. The van der Waals surface area contributed by atoms with Crippen molar-refractivity contribution in [3.8, 4) is 0 Å². The van der Waals surface area contributed by atoms with Gasteiger partial charge in [-0.25, -0.2) is 0 Å². The lowest BCUT2D eigenvalue weighted by Crippen LogP contribution is -2.22. The summed E-state index contributed by atoms with van der Waals surface area (Å²) >= 11 is 0. The van der Waals surface area contributed by atoms with Crippen LogP contribution in [0.5, 0.6) is 0 Å². The highest BCUT2D eigenvalue weighted by Crippen LogP contribution is 2.59. The summed E-state index contributed by atoms with van der Waals surface area (Å²) in [6, 6.07) is 0. The van der Waals surface area contributed by atoms with Crippen LogP contribution in [0.4, 0.5) is 0 Å². The van der Waals surface area contributed by atoms with Crippen LogP contribution in [0.2, 0.25) is 0 Å². The van der Waals surface area contributed by atoms with Crippen LogP contribution < -0.4 is 0 Å². The van der Waals surface area contributed by atoms with E-state index in [0.717, 1.165) is 24.0 Å². The maximum atomic E-state index is 12.0. The molecular weight excluding hydrogens is 212 g/mol. The van der Waals surface area contributed by atoms with Gasteiger partial charge in [-0.15, -0.1) is 0 Å². The summed E-state index contributed by atoms with van der Waals surface area (Å²) in [5.74, 6) is 0.349. The fourth-order valence-corrected chi connectivity index (χ4v) is 2.75. The Kier molecular flexibility index (Phi) is 2.25. The van der Waals surface area contributed by atoms with E-state index < -0.39 is 0 Å². The van der Waals surface area contributed by atoms with E-state index in [1.807, 2.05) is 36.5 Å². The molecule has 0 amide bonds. The molecule has 0 bridgehead atoms. The predicted molar refractivity (Wildman–Crippen MR) is 65.4 cm³/mol. The number of Topliss-reactive ketones (excluding diaryl/α,β-unsaturated/α-hetero) is 2. The first-order valence-corrected chi connectivity index (χ1v) is 6.05. The van der Waals surface area contributed by atoms with Crippen LogP contribution in [0.3, 0.4) is 0 Å². The average molecular weight is 226 g/mol. The molecule has 1 fully saturated rings. The van der Waals surface area contributed by atoms with Gasteiger partial charge in [0.05, 0.1) is 0 Å². The molecule has 0 spiro atoms. The van der Waals surface area contributed by atoms with Crippen LogP contribution >= 0.6 is 0 Å². The van der Waals surface area contributed by atoms with Gasteiger partial charge in [0.15, 0.2) is 11.6 Å². The van der Waals surface area contributed by atoms with Crippen LogP contribution in [0.15, 0.2) is 47.6 Å². The topological polar surface area (TPSA) is 34.1 Å². The molecule has 0 aliphatic heterocycles. The normalized spacial score (nSPS) is 25.6. The summed E-state index contributed by atoms with van der Waals surface area (Å²) in [7, 11) is 0. The largest absolute Gasteiger partial charge is 0.294 e. The van der Waals surface area contributed by atoms with Gasteiger partial charge in [0.25, 0.3) is 0 Å². The number of hydrogen-bond acceptors (Lipinski definition) is 2. The van der Waals surface area contributed by atoms with Gasteiger partial charge >= 0.3 is 0 Å². The minimum Gasteiger partial charge on any atom is -0.294 e. The van der Waals surface area contributed by atoms with Gasteiger partial charge in [-0.3, -0.25) is 9.59 Å². The van der Waals surface area contributed by atoms with Gasteiger partial charge in [0.1, 0.15) is 0 Å². The van der Waals surface area contributed by atoms with E-state index in [-0.39, 0.29) is 17.0 Å². The van der Waals surface area contributed by atoms with E-state index in [2.05, 4.69) is 0 Å². The lowest BCUT2D eigenvalue weighted by atomic mass is 9.79. The SMILES string of the molecule is O=C1CC=CC=C1C1(C2=CC=CCC2=O)CC1. The molecule has 17 heavy (non-hydrogen) atoms. The molecular formula is C15H14O2. The van der Waals surface area contributed by atoms with E-state index in [1.165, 1.54) is 0 Å². The van der Waals surface area contributed by atoms with Crippen molar-refractivity contribution in [2.75, 3.05) is 0 Å². The molecule has 1 saturated carbocycles. The van der Waals surface area contributed by atoms with Crippen LogP contribution in [0.1, 0.15) is 25.7 Å². The molecule has 0 aromatic carbocycles. The Balaban J connectivity index is 2.02. The zero-order valence-electron chi connectivity index (χ0n) is 9.61. The third-order valence-corrected chi connectivity index (χ3v) is 3.79. The van der Waals surface area contributed by atoms with Crippen molar-refractivity contribution < 1.29 is 9.59 Å². The standard InChI is InChI=1S/C15H14O2/c16-13-7-3-1-5-11(13)15(9-10-15)12-6-2-4-8-14(12)17/h1-6H,7-10H2. The Bertz CT molecular complexity index is 467. The third-order valence-electron chi connectivity index (χ3n) is 3.79. The molecule has 0 saturated heterocycles. The Labute approximate surface area is 100 Å². The maximum Gasteiger partial charge on any atom is 0.163 e. The number of hydrogen-bond donors (Lipinski definition) is 0. The first-order valence-electron chi connectivity index (χ1n) is 6.05. The minimum absolute atomic E-state index is 0.174. The average Bonchev–Trinajstić information content (AvgIpc) is 3.11. The van der Waals surface area contributed by atoms with Crippen molar-refractivity contribution >= 4 is 11.6 Å². The summed E-state index contributed by atoms with van der Waals surface area (Å²) < 4.78 is 0. The van der Waals surface area contributed by atoms with Gasteiger partial charge in [0, 0.05) is 29.4 Å². The molecule has 0 atom stereocenters. The second-order valence-electron chi connectivity index (χ2n) is 4.85. The molecule has 3 aliphatic carbocycles. The molecule has 0 unspecified atom stereocenters. The predicted octanol–water partition coefficient (Wildman–Crippen LogP) is 2.68. The second-order valence-corrected chi connectivity index (χ2v) is 4.85. The van der Waals surface area contributed by atoms with Crippen molar-refractivity contribution in [2.45, 2.75) is 25.7 Å². The third kappa shape index (κ3) is 1.55. The summed E-state index contributed by atoms with van der Waals surface area (Å²) in [6.07, 6.45) is 14.2. The molecule has 86 valence electrons. The first-order chi connectivity index (χ1) is 8.24. The minimum atomic E-state index is -0.246. The van der Waals surface area contributed by atoms with E-state index in [4.69, 9.17) is 0 Å². The van der Waals surface area contributed by atoms with E-state index in [0.29, 0.717) is 12.8 Å². The molecule has 0 N–H and O–H groups in total. The van der Waals surface area contributed by atoms with Crippen molar-refractivity contribution in [3.05, 3.63) is 47.6 Å². The Morgan fingerprint density at radius 3 is 1.65 bits per heavy atom. The molecule has 2 nitrogen and oxygen atoms in total. The molecule has 2 heteroatoms. The van der Waals surface area contributed by atoms with Crippen LogP contribution in [-0.4, -0.2) is 11.6 Å². The van der Waals surface area contributed by atoms with E-state index in [9.17, 15) is 9.59 Å². The summed E-state index contributed by atoms with van der Waals surface area (Å²) in [4.78, 5) is 23.9. The smallest absolute Gasteiger partial charge is 0.163 e. The number of carbonyl (C=O) groups excluding carboxylic acids is 2. The zero-order chi connectivity index (χ0) is 11.9. The number of allylic oxidation sites excluding steroid dienone is 8. The summed E-state index contributed by atoms with van der Waals surface area (Å²) in [5, 5.41) is 0. The van der Waals surface area contributed by atoms with Crippen molar-refractivity contribution in [1.29, 1.82) is 0 Å². The van der Waals surface area contributed by atoms with Crippen molar-refractivity contribution in [2.24, 2.45) is 5.41 Å². The Morgan fingerprint density at radius 2 is 1.29 bits per heavy atom. The van der Waals surface area contributed by atoms with Gasteiger partial charge in [-0.2, -0.15) is 0 Å². The fourth-order valence-electron chi connectivity index (χ4n) is 2.75. The highest BCUT2D eigenvalue weighted by Gasteiger charge is 2.52. The first kappa shape index (κ1) is 10.5. The lowest BCUT2D eigenvalue weighted by molar-refractivity contribution is -0.116. The molecule has 3 rings (SSSR count). The van der Waals surface area contributed by atoms with Gasteiger partial charge in [0.2, 0.25) is 0 Å². The summed E-state index contributed by atoms with van der Waals surface area (Å²) in [6.45, 7) is 0. The zero-order valence-corrected chi connectivity index (χ0v) is 9.61.